The first-order valence-corrected chi connectivity index (χ1v) is 8.70. The number of benzene rings is 2. The first-order valence-electron chi connectivity index (χ1n) is 7.65. The molecule has 0 N–H and O–H groups in total. The van der Waals surface area contributed by atoms with Crippen LogP contribution in [0.25, 0.3) is 10.8 Å². The minimum Gasteiger partial charge on any atom is -0.494 e. The summed E-state index contributed by atoms with van der Waals surface area (Å²) in [6.45, 7) is 3.02. The second-order valence-corrected chi connectivity index (χ2v) is 6.74. The Morgan fingerprint density at radius 2 is 2.20 bits per heavy atom. The van der Waals surface area contributed by atoms with E-state index in [4.69, 9.17) is 4.74 Å². The molecule has 106 valence electrons. The van der Waals surface area contributed by atoms with E-state index in [1.54, 1.807) is 0 Å². The van der Waals surface area contributed by atoms with Crippen LogP contribution in [0.4, 0.5) is 0 Å². The number of ether oxygens (including phenoxy) is 1. The van der Waals surface area contributed by atoms with Crippen molar-refractivity contribution in [1.82, 2.24) is 0 Å². The van der Waals surface area contributed by atoms with Crippen molar-refractivity contribution in [2.45, 2.75) is 37.9 Å². The molecule has 0 amide bonds. The molecular formula is C18H22OS. The van der Waals surface area contributed by atoms with Gasteiger partial charge in [0.25, 0.3) is 0 Å². The van der Waals surface area contributed by atoms with Gasteiger partial charge in [-0.15, -0.1) is 0 Å². The van der Waals surface area contributed by atoms with E-state index in [2.05, 4.69) is 55.1 Å². The van der Waals surface area contributed by atoms with Gasteiger partial charge >= 0.3 is 0 Å². The zero-order chi connectivity index (χ0) is 13.8. The van der Waals surface area contributed by atoms with E-state index >= 15 is 0 Å². The Hall–Kier alpha value is -1.15. The Balaban J connectivity index is 1.91. The van der Waals surface area contributed by atoms with Gasteiger partial charge in [0.05, 0.1) is 6.61 Å². The molecule has 2 aromatic carbocycles. The number of hydrogen-bond donors (Lipinski definition) is 0. The van der Waals surface area contributed by atoms with Crippen LogP contribution in [0.1, 0.15) is 43.4 Å². The van der Waals surface area contributed by atoms with E-state index in [0.717, 1.165) is 18.8 Å². The fourth-order valence-electron chi connectivity index (χ4n) is 2.80. The molecule has 1 heterocycles. The molecule has 1 fully saturated rings. The highest BCUT2D eigenvalue weighted by atomic mass is 32.2. The minimum absolute atomic E-state index is 0.671. The summed E-state index contributed by atoms with van der Waals surface area (Å²) < 4.78 is 5.87. The van der Waals surface area contributed by atoms with E-state index in [-0.39, 0.29) is 0 Å². The number of hydrogen-bond acceptors (Lipinski definition) is 2. The van der Waals surface area contributed by atoms with Crippen molar-refractivity contribution in [3.63, 3.8) is 0 Å². The zero-order valence-corrected chi connectivity index (χ0v) is 12.9. The van der Waals surface area contributed by atoms with Gasteiger partial charge in [-0.1, -0.05) is 37.6 Å². The molecule has 0 aliphatic carbocycles. The summed E-state index contributed by atoms with van der Waals surface area (Å²) in [4.78, 5) is 0. The van der Waals surface area contributed by atoms with Crippen LogP contribution in [0.15, 0.2) is 36.4 Å². The van der Waals surface area contributed by atoms with Gasteiger partial charge in [-0.25, -0.2) is 0 Å². The fourth-order valence-corrected chi connectivity index (χ4v) is 4.14. The summed E-state index contributed by atoms with van der Waals surface area (Å²) in [7, 11) is 0. The third-order valence-electron chi connectivity index (χ3n) is 3.93. The van der Waals surface area contributed by atoms with E-state index in [1.165, 1.54) is 41.4 Å². The van der Waals surface area contributed by atoms with Gasteiger partial charge in [-0.2, -0.15) is 11.8 Å². The van der Waals surface area contributed by atoms with Crippen molar-refractivity contribution in [2.24, 2.45) is 0 Å². The lowest BCUT2D eigenvalue weighted by molar-refractivity contribution is 0.310. The molecule has 1 atom stereocenters. The maximum absolute atomic E-state index is 5.87. The second kappa shape index (κ2) is 6.53. The molecule has 0 radical (unpaired) electrons. The number of unbranched alkanes of at least 4 members (excludes halogenated alkanes) is 1. The molecule has 1 aliphatic heterocycles. The third-order valence-corrected chi connectivity index (χ3v) is 5.35. The van der Waals surface area contributed by atoms with E-state index in [9.17, 15) is 0 Å². The fraction of sp³-hybridized carbons (Fsp3) is 0.444. The van der Waals surface area contributed by atoms with Gasteiger partial charge in [-0.3, -0.25) is 0 Å². The Morgan fingerprint density at radius 1 is 1.25 bits per heavy atom. The zero-order valence-electron chi connectivity index (χ0n) is 12.1. The van der Waals surface area contributed by atoms with Gasteiger partial charge in [0, 0.05) is 5.25 Å². The highest BCUT2D eigenvalue weighted by molar-refractivity contribution is 7.99. The average molecular weight is 286 g/mol. The molecule has 0 aromatic heterocycles. The second-order valence-electron chi connectivity index (χ2n) is 5.43. The van der Waals surface area contributed by atoms with Crippen molar-refractivity contribution in [3.05, 3.63) is 42.0 Å². The van der Waals surface area contributed by atoms with Crippen LogP contribution in [-0.4, -0.2) is 12.4 Å². The summed E-state index contributed by atoms with van der Waals surface area (Å²) in [5.41, 5.74) is 1.49. The van der Waals surface area contributed by atoms with Gasteiger partial charge in [0.1, 0.15) is 5.75 Å². The maximum Gasteiger partial charge on any atom is 0.119 e. The molecule has 1 aliphatic rings. The summed E-state index contributed by atoms with van der Waals surface area (Å²) in [5, 5.41) is 3.38. The van der Waals surface area contributed by atoms with Crippen LogP contribution < -0.4 is 4.74 Å². The number of thioether (sulfide) groups is 1. The van der Waals surface area contributed by atoms with Crippen LogP contribution in [-0.2, 0) is 0 Å². The average Bonchev–Trinajstić information content (AvgIpc) is 3.01. The number of rotatable bonds is 5. The smallest absolute Gasteiger partial charge is 0.119 e. The molecule has 1 nitrogen and oxygen atoms in total. The van der Waals surface area contributed by atoms with E-state index < -0.39 is 0 Å². The predicted molar refractivity (Wildman–Crippen MR) is 88.8 cm³/mol. The van der Waals surface area contributed by atoms with Crippen LogP contribution in [0.3, 0.4) is 0 Å². The van der Waals surface area contributed by atoms with Gasteiger partial charge in [0.2, 0.25) is 0 Å². The minimum atomic E-state index is 0.671. The molecule has 20 heavy (non-hydrogen) atoms. The topological polar surface area (TPSA) is 9.23 Å². The molecule has 2 aromatic rings. The van der Waals surface area contributed by atoms with Crippen molar-refractivity contribution in [3.8, 4) is 5.75 Å². The van der Waals surface area contributed by atoms with Crippen LogP contribution in [0, 0.1) is 0 Å². The van der Waals surface area contributed by atoms with Crippen molar-refractivity contribution < 1.29 is 4.74 Å². The molecule has 2 heteroatoms. The molecule has 1 saturated heterocycles. The summed E-state index contributed by atoms with van der Waals surface area (Å²) in [6, 6.07) is 13.2. The monoisotopic (exact) mass is 286 g/mol. The normalized spacial score (nSPS) is 18.6. The lowest BCUT2D eigenvalue weighted by Gasteiger charge is -2.14. The Labute approximate surface area is 125 Å². The predicted octanol–water partition coefficient (Wildman–Crippen LogP) is 5.59. The molecule has 3 rings (SSSR count). The van der Waals surface area contributed by atoms with Crippen molar-refractivity contribution >= 4 is 22.5 Å². The first kappa shape index (κ1) is 13.8. The number of fused-ring (bicyclic) bond motifs is 1. The third kappa shape index (κ3) is 2.95. The first-order chi connectivity index (χ1) is 9.88. The van der Waals surface area contributed by atoms with E-state index in [0.29, 0.717) is 5.25 Å². The maximum atomic E-state index is 5.87. The summed E-state index contributed by atoms with van der Waals surface area (Å²) in [5.74, 6) is 2.31. The summed E-state index contributed by atoms with van der Waals surface area (Å²) >= 11 is 2.10. The standard InChI is InChI=1S/C18H22OS/c1-2-3-11-19-15-10-9-14-6-4-7-16(17(14)13-15)18-8-5-12-20-18/h4,6-7,9-10,13,18H,2-3,5,8,11-12H2,1H3. The van der Waals surface area contributed by atoms with Crippen LogP contribution in [0.5, 0.6) is 5.75 Å². The molecule has 1 unspecified atom stereocenters. The highest BCUT2D eigenvalue weighted by Crippen LogP contribution is 2.42. The summed E-state index contributed by atoms with van der Waals surface area (Å²) in [6.07, 6.45) is 4.96. The molecular weight excluding hydrogens is 264 g/mol. The van der Waals surface area contributed by atoms with Gasteiger partial charge < -0.3 is 4.74 Å². The molecule has 0 spiro atoms. The van der Waals surface area contributed by atoms with Crippen molar-refractivity contribution in [2.75, 3.05) is 12.4 Å². The Kier molecular flexibility index (Phi) is 4.51. The van der Waals surface area contributed by atoms with Gasteiger partial charge in [-0.05, 0) is 53.5 Å². The quantitative estimate of drug-likeness (QED) is 0.663. The van der Waals surface area contributed by atoms with Gasteiger partial charge in [0.15, 0.2) is 0 Å². The van der Waals surface area contributed by atoms with Crippen LogP contribution in [0.2, 0.25) is 0 Å². The highest BCUT2D eigenvalue weighted by Gasteiger charge is 2.19. The SMILES string of the molecule is CCCCOc1ccc2cccc(C3CCCS3)c2c1. The largest absolute Gasteiger partial charge is 0.494 e. The van der Waals surface area contributed by atoms with Crippen LogP contribution >= 0.6 is 11.8 Å². The molecule has 0 bridgehead atoms. The Bertz CT molecular complexity index is 573. The lowest BCUT2D eigenvalue weighted by atomic mass is 10.00. The van der Waals surface area contributed by atoms with E-state index in [1.807, 2.05) is 0 Å². The molecule has 0 saturated carbocycles. The van der Waals surface area contributed by atoms with Crippen molar-refractivity contribution in [1.29, 1.82) is 0 Å². The lowest BCUT2D eigenvalue weighted by Crippen LogP contribution is -1.97. The Morgan fingerprint density at radius 3 is 3.00 bits per heavy atom.